The Hall–Kier alpha value is -3.64. The number of aliphatic hydroxyl groups is 1. The summed E-state index contributed by atoms with van der Waals surface area (Å²) in [5, 5.41) is 10.2. The van der Waals surface area contributed by atoms with Gasteiger partial charge in [-0.3, -0.25) is 14.4 Å². The van der Waals surface area contributed by atoms with Crippen LogP contribution in [0.3, 0.4) is 0 Å². The number of anilines is 1. The van der Waals surface area contributed by atoms with Gasteiger partial charge in [0.1, 0.15) is 11.5 Å². The number of rotatable bonds is 10. The Morgan fingerprint density at radius 1 is 1.06 bits per heavy atom. The van der Waals surface area contributed by atoms with Crippen LogP contribution in [0.2, 0.25) is 0 Å². The van der Waals surface area contributed by atoms with Crippen molar-refractivity contribution in [2.45, 2.75) is 69.7 Å². The van der Waals surface area contributed by atoms with Crippen LogP contribution in [0.15, 0.2) is 77.7 Å². The molecule has 0 radical (unpaired) electrons. The molecule has 10 nitrogen and oxygen atoms in total. The molecule has 47 heavy (non-hydrogen) atoms. The predicted molar refractivity (Wildman–Crippen MR) is 183 cm³/mol. The van der Waals surface area contributed by atoms with E-state index in [1.54, 1.807) is 36.1 Å². The Labute approximate surface area is 279 Å². The van der Waals surface area contributed by atoms with E-state index in [9.17, 15) is 18.3 Å². The fourth-order valence-corrected chi connectivity index (χ4v) is 6.73. The fourth-order valence-electron chi connectivity index (χ4n) is 5.68. The van der Waals surface area contributed by atoms with Gasteiger partial charge >= 0.3 is 0 Å². The lowest BCUT2D eigenvalue weighted by atomic mass is 10.0. The van der Waals surface area contributed by atoms with Gasteiger partial charge in [0.05, 0.1) is 42.4 Å². The van der Waals surface area contributed by atoms with Crippen LogP contribution in [-0.2, 0) is 21.3 Å². The zero-order valence-electron chi connectivity index (χ0n) is 28.1. The number of amides is 1. The largest absolute Gasteiger partial charge is 0.497 e. The van der Waals surface area contributed by atoms with Crippen molar-refractivity contribution >= 4 is 21.6 Å². The number of carbonyl (C=O) groups is 1. The van der Waals surface area contributed by atoms with Crippen LogP contribution in [0.25, 0.3) is 0 Å². The summed E-state index contributed by atoms with van der Waals surface area (Å²) < 4.78 is 47.0. The number of nitrogens with zero attached hydrogens (tertiary/aromatic N) is 2. The van der Waals surface area contributed by atoms with Crippen LogP contribution in [0.5, 0.6) is 11.5 Å². The maximum absolute atomic E-state index is 14.4. The molecule has 1 amide bonds. The van der Waals surface area contributed by atoms with Crippen LogP contribution in [0, 0.1) is 5.92 Å². The maximum atomic E-state index is 14.4. The Morgan fingerprint density at radius 3 is 2.47 bits per heavy atom. The summed E-state index contributed by atoms with van der Waals surface area (Å²) in [6.07, 6.45) is 2.16. The molecule has 0 saturated heterocycles. The highest BCUT2D eigenvalue weighted by molar-refractivity contribution is 7.92. The second kappa shape index (κ2) is 17.0. The zero-order chi connectivity index (χ0) is 34.0. The van der Waals surface area contributed by atoms with Gasteiger partial charge in [-0.2, -0.15) is 0 Å². The van der Waals surface area contributed by atoms with Crippen molar-refractivity contribution in [1.82, 2.24) is 9.80 Å². The number of benzene rings is 3. The van der Waals surface area contributed by atoms with Crippen molar-refractivity contribution in [3.63, 3.8) is 0 Å². The second-order valence-electron chi connectivity index (χ2n) is 12.5. The first-order chi connectivity index (χ1) is 22.5. The number of hydrogen-bond acceptors (Lipinski definition) is 8. The van der Waals surface area contributed by atoms with E-state index in [2.05, 4.69) is 35.7 Å². The third-order valence-electron chi connectivity index (χ3n) is 8.46. The number of hydrogen-bond donors (Lipinski definition) is 2. The third kappa shape index (κ3) is 10.2. The van der Waals surface area contributed by atoms with E-state index < -0.39 is 16.1 Å². The van der Waals surface area contributed by atoms with Crippen molar-refractivity contribution in [1.29, 1.82) is 0 Å². The number of carbonyl (C=O) groups excluding carboxylic acids is 1. The van der Waals surface area contributed by atoms with Gasteiger partial charge in [0.15, 0.2) is 0 Å². The lowest BCUT2D eigenvalue weighted by Gasteiger charge is -2.36. The average Bonchev–Trinajstić information content (AvgIpc) is 3.06. The molecule has 1 aliphatic heterocycles. The first-order valence-electron chi connectivity index (χ1n) is 16.2. The summed E-state index contributed by atoms with van der Waals surface area (Å²) in [6.45, 7) is 7.92. The van der Waals surface area contributed by atoms with Gasteiger partial charge in [-0.25, -0.2) is 8.42 Å². The standard InChI is InChI=1S/C36H49N3O7S/c1-26-22-39(27(2)25-40)36(41)33-21-30(37-47(42,43)32-17-15-31(44-5)16-18-32)14-19-34(33)46-28(3)11-9-10-20-45-35(26)24-38(4)23-29-12-7-6-8-13-29/h6-8,12-19,21,26-28,35,37,40H,9-11,20,22-25H2,1-5H3/t26-,27-,28+,35+/m1/s1. The highest BCUT2D eigenvalue weighted by Gasteiger charge is 2.30. The fraction of sp³-hybridized carbons (Fsp3) is 0.472. The summed E-state index contributed by atoms with van der Waals surface area (Å²) in [7, 11) is -0.382. The first kappa shape index (κ1) is 36.2. The van der Waals surface area contributed by atoms with Crippen molar-refractivity contribution in [2.24, 2.45) is 5.92 Å². The molecule has 1 heterocycles. The van der Waals surface area contributed by atoms with Crippen molar-refractivity contribution in [3.8, 4) is 11.5 Å². The highest BCUT2D eigenvalue weighted by Crippen LogP contribution is 2.30. The zero-order valence-corrected chi connectivity index (χ0v) is 28.9. The molecule has 0 saturated carbocycles. The van der Waals surface area contributed by atoms with Crippen molar-refractivity contribution in [2.75, 3.05) is 45.2 Å². The van der Waals surface area contributed by atoms with Crippen LogP contribution >= 0.6 is 0 Å². The topological polar surface area (TPSA) is 118 Å². The Balaban J connectivity index is 1.64. The van der Waals surface area contributed by atoms with Crippen LogP contribution in [0.4, 0.5) is 5.69 Å². The van der Waals surface area contributed by atoms with Gasteiger partial charge in [-0.1, -0.05) is 37.3 Å². The van der Waals surface area contributed by atoms with Gasteiger partial charge in [0, 0.05) is 37.8 Å². The summed E-state index contributed by atoms with van der Waals surface area (Å²) in [4.78, 5) is 18.3. The smallest absolute Gasteiger partial charge is 0.261 e. The monoisotopic (exact) mass is 667 g/mol. The third-order valence-corrected chi connectivity index (χ3v) is 9.86. The predicted octanol–water partition coefficient (Wildman–Crippen LogP) is 5.42. The molecule has 3 aromatic carbocycles. The number of nitrogens with one attached hydrogen (secondary N) is 1. The minimum atomic E-state index is -3.96. The Morgan fingerprint density at radius 2 is 1.79 bits per heavy atom. The summed E-state index contributed by atoms with van der Waals surface area (Å²) >= 11 is 0. The number of fused-ring (bicyclic) bond motifs is 1. The molecule has 1 aliphatic rings. The number of aliphatic hydroxyl groups excluding tert-OH is 1. The lowest BCUT2D eigenvalue weighted by Crippen LogP contribution is -2.47. The Bertz CT molecular complexity index is 1540. The van der Waals surface area contributed by atoms with Crippen LogP contribution < -0.4 is 14.2 Å². The molecule has 0 spiro atoms. The minimum Gasteiger partial charge on any atom is -0.497 e. The van der Waals surface area contributed by atoms with Gasteiger partial charge in [0.25, 0.3) is 15.9 Å². The van der Waals surface area contributed by atoms with E-state index in [1.165, 1.54) is 30.9 Å². The Kier molecular flexibility index (Phi) is 13.1. The number of methoxy groups -OCH3 is 1. The van der Waals surface area contributed by atoms with Crippen LogP contribution in [0.1, 0.15) is 56.0 Å². The average molecular weight is 668 g/mol. The first-order valence-corrected chi connectivity index (χ1v) is 17.7. The van der Waals surface area contributed by atoms with E-state index in [1.807, 2.05) is 25.1 Å². The molecule has 0 bridgehead atoms. The molecule has 0 unspecified atom stereocenters. The highest BCUT2D eigenvalue weighted by atomic mass is 32.2. The number of sulfonamides is 1. The molecule has 256 valence electrons. The van der Waals surface area contributed by atoms with E-state index in [0.717, 1.165) is 25.8 Å². The summed E-state index contributed by atoms with van der Waals surface area (Å²) in [6, 6.07) is 20.6. The lowest BCUT2D eigenvalue weighted by molar-refractivity contribution is -0.0177. The molecule has 11 heteroatoms. The van der Waals surface area contributed by atoms with E-state index >= 15 is 0 Å². The minimum absolute atomic E-state index is 0.0576. The van der Waals surface area contributed by atoms with Gasteiger partial charge in [-0.15, -0.1) is 0 Å². The molecule has 2 N–H and O–H groups in total. The second-order valence-corrected chi connectivity index (χ2v) is 14.2. The molecule has 4 rings (SSSR count). The molecule has 0 aliphatic carbocycles. The maximum Gasteiger partial charge on any atom is 0.261 e. The molecule has 0 aromatic heterocycles. The quantitative estimate of drug-likeness (QED) is 0.294. The summed E-state index contributed by atoms with van der Waals surface area (Å²) in [5.74, 6) is 0.466. The van der Waals surface area contributed by atoms with Crippen molar-refractivity contribution in [3.05, 3.63) is 83.9 Å². The van der Waals surface area contributed by atoms with Crippen LogP contribution in [-0.4, -0.2) is 87.9 Å². The summed E-state index contributed by atoms with van der Waals surface area (Å²) in [5.41, 5.74) is 1.65. The van der Waals surface area contributed by atoms with Crippen molar-refractivity contribution < 1.29 is 32.5 Å². The van der Waals surface area contributed by atoms with Gasteiger partial charge in [0.2, 0.25) is 0 Å². The molecule has 3 aromatic rings. The van der Waals surface area contributed by atoms with E-state index in [0.29, 0.717) is 31.2 Å². The number of likely N-dealkylation sites (N-methyl/N-ethyl adjacent to an activating group) is 1. The van der Waals surface area contributed by atoms with E-state index in [4.69, 9.17) is 14.2 Å². The SMILES string of the molecule is COc1ccc(S(=O)(=O)Nc2ccc3c(c2)C(=O)N([C@H](C)CO)C[C@@H](C)[C@H](CN(C)Cc2ccccc2)OCCCC[C@H](C)O3)cc1. The molecular formula is C36H49N3O7S. The van der Waals surface area contributed by atoms with E-state index in [-0.39, 0.29) is 46.8 Å². The molecule has 4 atom stereocenters. The van der Waals surface area contributed by atoms with Gasteiger partial charge in [-0.05, 0) is 88.2 Å². The normalized spacial score (nSPS) is 20.5. The number of ether oxygens (including phenoxy) is 3. The molecule has 0 fully saturated rings. The van der Waals surface area contributed by atoms with Gasteiger partial charge < -0.3 is 24.2 Å². The molecular weight excluding hydrogens is 618 g/mol.